The Balaban J connectivity index is 2.60. The van der Waals surface area contributed by atoms with Crippen LogP contribution < -0.4 is 0 Å². The van der Waals surface area contributed by atoms with Gasteiger partial charge in [0.2, 0.25) is 0 Å². The van der Waals surface area contributed by atoms with Crippen molar-refractivity contribution in [2.24, 2.45) is 0 Å². The van der Waals surface area contributed by atoms with Crippen LogP contribution in [0.3, 0.4) is 0 Å². The predicted octanol–water partition coefficient (Wildman–Crippen LogP) is 4.41. The molecule has 2 rings (SSSR count). The van der Waals surface area contributed by atoms with Gasteiger partial charge in [0.1, 0.15) is 0 Å². The van der Waals surface area contributed by atoms with Gasteiger partial charge in [0.25, 0.3) is 0 Å². The van der Waals surface area contributed by atoms with Gasteiger partial charge in [-0.2, -0.15) is 18.3 Å². The topological polar surface area (TPSA) is 17.8 Å². The summed E-state index contributed by atoms with van der Waals surface area (Å²) in [4.78, 5) is 0. The van der Waals surface area contributed by atoms with Crippen LogP contribution in [-0.4, -0.2) is 16.0 Å². The first-order valence-corrected chi connectivity index (χ1v) is 5.75. The highest BCUT2D eigenvalue weighted by atomic mass is 35.5. The number of hydrogen-bond donors (Lipinski definition) is 0. The third kappa shape index (κ3) is 2.81. The molecular formula is C13H10ClF3N2. The van der Waals surface area contributed by atoms with E-state index >= 15 is 0 Å². The maximum absolute atomic E-state index is 12.8. The first kappa shape index (κ1) is 13.7. The van der Waals surface area contributed by atoms with Gasteiger partial charge in [-0.05, 0) is 25.1 Å². The number of nitrogens with zero attached hydrogens (tertiary/aromatic N) is 2. The third-order valence-corrected chi connectivity index (χ3v) is 2.83. The molecule has 19 heavy (non-hydrogen) atoms. The Labute approximate surface area is 113 Å². The van der Waals surface area contributed by atoms with E-state index < -0.39 is 11.7 Å². The molecule has 0 aliphatic heterocycles. The number of halogens is 4. The van der Waals surface area contributed by atoms with Crippen molar-refractivity contribution in [2.45, 2.75) is 13.1 Å². The van der Waals surface area contributed by atoms with E-state index in [1.807, 2.05) is 0 Å². The number of hydrogen-bond acceptors (Lipinski definition) is 1. The molecule has 0 bridgehead atoms. The van der Waals surface area contributed by atoms with Crippen LogP contribution in [0.4, 0.5) is 13.2 Å². The van der Waals surface area contributed by atoms with Crippen molar-refractivity contribution >= 4 is 17.2 Å². The van der Waals surface area contributed by atoms with E-state index in [9.17, 15) is 13.2 Å². The van der Waals surface area contributed by atoms with E-state index in [1.54, 1.807) is 19.2 Å². The zero-order valence-electron chi connectivity index (χ0n) is 10.0. The van der Waals surface area contributed by atoms with Crippen molar-refractivity contribution in [1.29, 1.82) is 0 Å². The second-order valence-electron chi connectivity index (χ2n) is 4.04. The van der Waals surface area contributed by atoms with Crippen molar-refractivity contribution in [3.8, 4) is 5.69 Å². The van der Waals surface area contributed by atoms with Crippen LogP contribution in [0.1, 0.15) is 11.3 Å². The summed E-state index contributed by atoms with van der Waals surface area (Å²) in [6, 6.07) is 5.82. The van der Waals surface area contributed by atoms with Gasteiger partial charge in [-0.25, -0.2) is 4.68 Å². The van der Waals surface area contributed by atoms with Crippen molar-refractivity contribution in [3.05, 3.63) is 53.3 Å². The summed E-state index contributed by atoms with van der Waals surface area (Å²) in [7, 11) is 0. The van der Waals surface area contributed by atoms with Gasteiger partial charge >= 0.3 is 6.18 Å². The average molecular weight is 287 g/mol. The van der Waals surface area contributed by atoms with Crippen LogP contribution >= 0.6 is 11.6 Å². The lowest BCUT2D eigenvalue weighted by atomic mass is 10.1. The first-order chi connectivity index (χ1) is 8.79. The van der Waals surface area contributed by atoms with Crippen molar-refractivity contribution in [1.82, 2.24) is 9.78 Å². The van der Waals surface area contributed by atoms with Crippen LogP contribution in [0.25, 0.3) is 11.3 Å². The average Bonchev–Trinajstić information content (AvgIpc) is 2.73. The molecule has 0 atom stereocenters. The molecule has 0 amide bonds. The first-order valence-electron chi connectivity index (χ1n) is 5.37. The lowest BCUT2D eigenvalue weighted by Crippen LogP contribution is -2.12. The zero-order chi connectivity index (χ0) is 14.2. The normalized spacial score (nSPS) is 11.6. The summed E-state index contributed by atoms with van der Waals surface area (Å²) in [5.74, 6) is 0. The van der Waals surface area contributed by atoms with E-state index in [0.717, 1.165) is 0 Å². The summed E-state index contributed by atoms with van der Waals surface area (Å²) in [5, 5.41) is 4.43. The van der Waals surface area contributed by atoms with E-state index in [4.69, 9.17) is 11.6 Å². The largest absolute Gasteiger partial charge is 0.416 e. The van der Waals surface area contributed by atoms with Crippen LogP contribution in [0.15, 0.2) is 37.0 Å². The monoisotopic (exact) mass is 286 g/mol. The van der Waals surface area contributed by atoms with Crippen LogP contribution in [-0.2, 0) is 0 Å². The summed E-state index contributed by atoms with van der Waals surface area (Å²) < 4.78 is 39.7. The number of benzene rings is 1. The minimum Gasteiger partial charge on any atom is -0.240 e. The fraction of sp³-hybridized carbons (Fsp3) is 0.154. The third-order valence-electron chi connectivity index (χ3n) is 2.60. The Hall–Kier alpha value is -1.75. The fourth-order valence-electron chi connectivity index (χ4n) is 1.65. The van der Waals surface area contributed by atoms with Gasteiger partial charge in [0.05, 0.1) is 17.0 Å². The predicted molar refractivity (Wildman–Crippen MR) is 68.4 cm³/mol. The summed E-state index contributed by atoms with van der Waals surface area (Å²) in [6.07, 6.45) is -2.92. The van der Waals surface area contributed by atoms with Crippen molar-refractivity contribution in [2.75, 3.05) is 0 Å². The molecule has 1 heterocycles. The Morgan fingerprint density at radius 1 is 1.32 bits per heavy atom. The van der Waals surface area contributed by atoms with Gasteiger partial charge in [-0.15, -0.1) is 0 Å². The van der Waals surface area contributed by atoms with Crippen LogP contribution in [0, 0.1) is 6.92 Å². The lowest BCUT2D eigenvalue weighted by Gasteiger charge is -2.15. The summed E-state index contributed by atoms with van der Waals surface area (Å²) in [6.45, 7) is 4.86. The molecule has 0 N–H and O–H groups in total. The molecule has 1 aromatic heterocycles. The molecule has 0 saturated heterocycles. The van der Waals surface area contributed by atoms with Crippen LogP contribution in [0.2, 0.25) is 5.02 Å². The molecule has 0 radical (unpaired) electrons. The quantitative estimate of drug-likeness (QED) is 0.799. The number of alkyl halides is 3. The van der Waals surface area contributed by atoms with Gasteiger partial charge in [-0.1, -0.05) is 24.2 Å². The standard InChI is InChI=1S/C13H10ClF3N2/c1-8-5-6-19(18-8)12-7-10(14)3-4-11(12)9(2)13(15,16)17/h3-7H,2H2,1H3. The molecule has 6 heteroatoms. The van der Waals surface area contributed by atoms with Gasteiger partial charge < -0.3 is 0 Å². The van der Waals surface area contributed by atoms with Gasteiger partial charge in [-0.3, -0.25) is 0 Å². The highest BCUT2D eigenvalue weighted by Crippen LogP contribution is 2.36. The molecule has 0 aliphatic rings. The number of allylic oxidation sites excluding steroid dienone is 1. The SMILES string of the molecule is C=C(c1ccc(Cl)cc1-n1ccc(C)n1)C(F)(F)F. The highest BCUT2D eigenvalue weighted by Gasteiger charge is 2.34. The second-order valence-corrected chi connectivity index (χ2v) is 4.48. The van der Waals surface area contributed by atoms with E-state index in [1.165, 1.54) is 22.9 Å². The van der Waals surface area contributed by atoms with Crippen molar-refractivity contribution in [3.63, 3.8) is 0 Å². The maximum Gasteiger partial charge on any atom is 0.416 e. The van der Waals surface area contributed by atoms with Gasteiger partial charge in [0, 0.05) is 16.8 Å². The molecule has 2 nitrogen and oxygen atoms in total. The molecule has 2 aromatic rings. The summed E-state index contributed by atoms with van der Waals surface area (Å²) in [5.41, 5.74) is -0.0150. The summed E-state index contributed by atoms with van der Waals surface area (Å²) >= 11 is 5.84. The number of aryl methyl sites for hydroxylation is 1. The molecule has 0 saturated carbocycles. The van der Waals surface area contributed by atoms with Crippen molar-refractivity contribution < 1.29 is 13.2 Å². The highest BCUT2D eigenvalue weighted by molar-refractivity contribution is 6.30. The smallest absolute Gasteiger partial charge is 0.240 e. The minimum atomic E-state index is -4.50. The Morgan fingerprint density at radius 2 is 2.00 bits per heavy atom. The molecular weight excluding hydrogens is 277 g/mol. The van der Waals surface area contributed by atoms with Crippen LogP contribution in [0.5, 0.6) is 0 Å². The molecule has 0 aliphatic carbocycles. The Morgan fingerprint density at radius 3 is 2.53 bits per heavy atom. The van der Waals surface area contributed by atoms with E-state index in [2.05, 4.69) is 11.7 Å². The Kier molecular flexibility index (Phi) is 3.41. The molecule has 0 unspecified atom stereocenters. The molecule has 0 fully saturated rings. The maximum atomic E-state index is 12.8. The van der Waals surface area contributed by atoms with E-state index in [-0.39, 0.29) is 11.3 Å². The molecule has 100 valence electrons. The fourth-order valence-corrected chi connectivity index (χ4v) is 1.82. The minimum absolute atomic E-state index is 0.0417. The second kappa shape index (κ2) is 4.74. The number of rotatable bonds is 2. The molecule has 1 aromatic carbocycles. The Bertz CT molecular complexity index is 629. The van der Waals surface area contributed by atoms with E-state index in [0.29, 0.717) is 10.7 Å². The van der Waals surface area contributed by atoms with Gasteiger partial charge in [0.15, 0.2) is 0 Å². The zero-order valence-corrected chi connectivity index (χ0v) is 10.8. The molecule has 0 spiro atoms. The number of aromatic nitrogens is 2. The lowest BCUT2D eigenvalue weighted by molar-refractivity contribution is -0.0686.